The molecular weight excluding hydrogens is 222 g/mol. The fourth-order valence-electron chi connectivity index (χ4n) is 2.93. The second-order valence-electron chi connectivity index (χ2n) is 5.79. The first-order valence-corrected chi connectivity index (χ1v) is 8.27. The summed E-state index contributed by atoms with van der Waals surface area (Å²) in [7, 11) is -2.77. The van der Waals surface area contributed by atoms with Crippen molar-refractivity contribution in [2.75, 3.05) is 18.1 Å². The highest BCUT2D eigenvalue weighted by Crippen LogP contribution is 2.26. The standard InChI is InChI=1S/C12H23NO2S/c1-12(7-8-16(14,15)10-12)13-9-11-5-3-2-4-6-11/h11,13H,2-10H2,1H3. The maximum atomic E-state index is 11.5. The Morgan fingerprint density at radius 2 is 1.94 bits per heavy atom. The van der Waals surface area contributed by atoms with Crippen molar-refractivity contribution in [2.45, 2.75) is 51.0 Å². The second kappa shape index (κ2) is 4.65. The number of nitrogens with one attached hydrogen (secondary N) is 1. The van der Waals surface area contributed by atoms with E-state index in [2.05, 4.69) is 12.2 Å². The molecule has 1 saturated heterocycles. The molecule has 1 atom stereocenters. The van der Waals surface area contributed by atoms with Crippen molar-refractivity contribution in [1.29, 1.82) is 0 Å². The third-order valence-corrected chi connectivity index (χ3v) is 5.95. The van der Waals surface area contributed by atoms with Gasteiger partial charge in [-0.2, -0.15) is 0 Å². The van der Waals surface area contributed by atoms with E-state index in [4.69, 9.17) is 0 Å². The van der Waals surface area contributed by atoms with E-state index in [0.29, 0.717) is 11.5 Å². The van der Waals surface area contributed by atoms with Crippen molar-refractivity contribution in [3.63, 3.8) is 0 Å². The smallest absolute Gasteiger partial charge is 0.152 e. The van der Waals surface area contributed by atoms with Crippen LogP contribution >= 0.6 is 0 Å². The Hall–Kier alpha value is -0.0900. The summed E-state index contributed by atoms with van der Waals surface area (Å²) < 4.78 is 22.9. The second-order valence-corrected chi connectivity index (χ2v) is 7.97. The summed E-state index contributed by atoms with van der Waals surface area (Å²) in [5.74, 6) is 1.46. The van der Waals surface area contributed by atoms with Gasteiger partial charge in [-0.05, 0) is 38.6 Å². The third-order valence-electron chi connectivity index (χ3n) is 4.05. The summed E-state index contributed by atoms with van der Waals surface area (Å²) >= 11 is 0. The molecule has 1 N–H and O–H groups in total. The van der Waals surface area contributed by atoms with Crippen LogP contribution in [0.2, 0.25) is 0 Å². The van der Waals surface area contributed by atoms with Gasteiger partial charge in [-0.25, -0.2) is 8.42 Å². The molecule has 0 aromatic rings. The van der Waals surface area contributed by atoms with E-state index in [9.17, 15) is 8.42 Å². The number of rotatable bonds is 3. The maximum Gasteiger partial charge on any atom is 0.152 e. The lowest BCUT2D eigenvalue weighted by Crippen LogP contribution is -2.45. The number of sulfone groups is 1. The van der Waals surface area contributed by atoms with Crippen molar-refractivity contribution >= 4 is 9.84 Å². The molecule has 4 heteroatoms. The van der Waals surface area contributed by atoms with E-state index in [1.807, 2.05) is 0 Å². The van der Waals surface area contributed by atoms with Crippen LogP contribution in [-0.2, 0) is 9.84 Å². The minimum absolute atomic E-state index is 0.156. The minimum atomic E-state index is -2.77. The van der Waals surface area contributed by atoms with Gasteiger partial charge in [0.15, 0.2) is 9.84 Å². The average Bonchev–Trinajstić information content (AvgIpc) is 2.53. The lowest BCUT2D eigenvalue weighted by Gasteiger charge is -2.29. The molecule has 2 rings (SSSR count). The zero-order valence-electron chi connectivity index (χ0n) is 10.2. The fraction of sp³-hybridized carbons (Fsp3) is 1.00. The fourth-order valence-corrected chi connectivity index (χ4v) is 5.05. The maximum absolute atomic E-state index is 11.5. The molecule has 1 aliphatic carbocycles. The van der Waals surface area contributed by atoms with Crippen LogP contribution in [0.3, 0.4) is 0 Å². The molecule has 1 heterocycles. The zero-order valence-corrected chi connectivity index (χ0v) is 11.0. The summed E-state index contributed by atoms with van der Waals surface area (Å²) in [5.41, 5.74) is -0.156. The van der Waals surface area contributed by atoms with Crippen molar-refractivity contribution in [1.82, 2.24) is 5.32 Å². The Balaban J connectivity index is 1.81. The van der Waals surface area contributed by atoms with E-state index in [1.165, 1.54) is 32.1 Å². The van der Waals surface area contributed by atoms with Crippen molar-refractivity contribution in [3.8, 4) is 0 Å². The van der Waals surface area contributed by atoms with Crippen LogP contribution in [0, 0.1) is 5.92 Å². The summed E-state index contributed by atoms with van der Waals surface area (Å²) in [5, 5.41) is 3.50. The van der Waals surface area contributed by atoms with Gasteiger partial charge in [0.25, 0.3) is 0 Å². The monoisotopic (exact) mass is 245 g/mol. The SMILES string of the molecule is CC1(NCC2CCCCC2)CCS(=O)(=O)C1. The summed E-state index contributed by atoms with van der Waals surface area (Å²) in [4.78, 5) is 0. The Bertz CT molecular complexity index is 333. The van der Waals surface area contributed by atoms with E-state index < -0.39 is 9.84 Å². The molecule has 0 aromatic heterocycles. The molecule has 0 radical (unpaired) electrons. The minimum Gasteiger partial charge on any atom is -0.310 e. The normalized spacial score (nSPS) is 35.3. The van der Waals surface area contributed by atoms with Gasteiger partial charge in [0, 0.05) is 5.54 Å². The summed E-state index contributed by atoms with van der Waals surface area (Å²) in [6.07, 6.45) is 7.48. The first-order valence-electron chi connectivity index (χ1n) is 6.45. The Labute approximate surface area is 98.9 Å². The molecule has 0 spiro atoms. The van der Waals surface area contributed by atoms with E-state index in [-0.39, 0.29) is 5.54 Å². The van der Waals surface area contributed by atoms with Gasteiger partial charge in [-0.3, -0.25) is 0 Å². The third kappa shape index (κ3) is 3.20. The van der Waals surface area contributed by atoms with Crippen molar-refractivity contribution in [3.05, 3.63) is 0 Å². The Morgan fingerprint density at radius 3 is 2.50 bits per heavy atom. The summed E-state index contributed by atoms with van der Waals surface area (Å²) in [6.45, 7) is 3.06. The first-order chi connectivity index (χ1) is 7.49. The van der Waals surface area contributed by atoms with Crippen LogP contribution in [0.1, 0.15) is 45.4 Å². The van der Waals surface area contributed by atoms with E-state index in [0.717, 1.165) is 18.9 Å². The van der Waals surface area contributed by atoms with Gasteiger partial charge in [-0.15, -0.1) is 0 Å². The van der Waals surface area contributed by atoms with Crippen LogP contribution < -0.4 is 5.32 Å². The quantitative estimate of drug-likeness (QED) is 0.823. The topological polar surface area (TPSA) is 46.2 Å². The van der Waals surface area contributed by atoms with Crippen LogP contribution in [0.5, 0.6) is 0 Å². The van der Waals surface area contributed by atoms with Crippen LogP contribution in [0.25, 0.3) is 0 Å². The molecule has 1 unspecified atom stereocenters. The van der Waals surface area contributed by atoms with E-state index in [1.54, 1.807) is 0 Å². The van der Waals surface area contributed by atoms with Gasteiger partial charge in [0.1, 0.15) is 0 Å². The van der Waals surface area contributed by atoms with Crippen molar-refractivity contribution < 1.29 is 8.42 Å². The largest absolute Gasteiger partial charge is 0.310 e. The number of hydrogen-bond donors (Lipinski definition) is 1. The summed E-state index contributed by atoms with van der Waals surface area (Å²) in [6, 6.07) is 0. The first kappa shape index (κ1) is 12.4. The molecule has 0 bridgehead atoms. The van der Waals surface area contributed by atoms with Crippen LogP contribution in [-0.4, -0.2) is 32.0 Å². The molecule has 2 aliphatic rings. The molecule has 94 valence electrons. The Morgan fingerprint density at radius 1 is 1.25 bits per heavy atom. The molecule has 1 saturated carbocycles. The number of hydrogen-bond acceptors (Lipinski definition) is 3. The van der Waals surface area contributed by atoms with Gasteiger partial charge < -0.3 is 5.32 Å². The lowest BCUT2D eigenvalue weighted by atomic mass is 9.88. The van der Waals surface area contributed by atoms with Crippen LogP contribution in [0.4, 0.5) is 0 Å². The van der Waals surface area contributed by atoms with Gasteiger partial charge in [0.2, 0.25) is 0 Å². The van der Waals surface area contributed by atoms with Gasteiger partial charge in [-0.1, -0.05) is 19.3 Å². The molecular formula is C12H23NO2S. The van der Waals surface area contributed by atoms with Crippen molar-refractivity contribution in [2.24, 2.45) is 5.92 Å². The lowest BCUT2D eigenvalue weighted by molar-refractivity contribution is 0.296. The molecule has 3 nitrogen and oxygen atoms in total. The van der Waals surface area contributed by atoms with E-state index >= 15 is 0 Å². The molecule has 0 amide bonds. The highest BCUT2D eigenvalue weighted by atomic mass is 32.2. The Kier molecular flexibility index (Phi) is 3.59. The average molecular weight is 245 g/mol. The van der Waals surface area contributed by atoms with Crippen LogP contribution in [0.15, 0.2) is 0 Å². The predicted molar refractivity (Wildman–Crippen MR) is 66.3 cm³/mol. The predicted octanol–water partition coefficient (Wildman–Crippen LogP) is 1.73. The highest BCUT2D eigenvalue weighted by molar-refractivity contribution is 7.91. The molecule has 0 aromatic carbocycles. The van der Waals surface area contributed by atoms with Gasteiger partial charge >= 0.3 is 0 Å². The van der Waals surface area contributed by atoms with Gasteiger partial charge in [0.05, 0.1) is 11.5 Å². The zero-order chi connectivity index (χ0) is 11.6. The molecule has 1 aliphatic heterocycles. The molecule has 16 heavy (non-hydrogen) atoms. The highest BCUT2D eigenvalue weighted by Gasteiger charge is 2.38. The molecule has 2 fully saturated rings.